The van der Waals surface area contributed by atoms with Crippen molar-refractivity contribution in [1.82, 2.24) is 9.55 Å². The van der Waals surface area contributed by atoms with Crippen LogP contribution in [0.4, 0.5) is 0 Å². The van der Waals surface area contributed by atoms with Crippen LogP contribution in [0.1, 0.15) is 22.3 Å². The van der Waals surface area contributed by atoms with Crippen LogP contribution in [0.25, 0.3) is 59.4 Å². The van der Waals surface area contributed by atoms with E-state index in [0.29, 0.717) is 0 Å². The fourth-order valence-electron chi connectivity index (χ4n) is 7.71. The summed E-state index contributed by atoms with van der Waals surface area (Å²) in [5.41, 5.74) is 12.2. The molecule has 1 spiro atoms. The van der Waals surface area contributed by atoms with E-state index in [4.69, 9.17) is 4.98 Å². The van der Waals surface area contributed by atoms with E-state index in [-0.39, 0.29) is 0 Å². The Labute approximate surface area is 240 Å². The standard InChI is InChI=1S/C38H22N2S/c1-4-16-28-23(11-1)24-12-2-5-17-29(24)38(28)30-18-6-7-21-33(30)40-35-31(38)19-10-20-32(35)39-37(40)27-15-9-14-26-25-13-3-8-22-34(25)41-36(26)27/h1-22H. The fourth-order valence-corrected chi connectivity index (χ4v) is 8.93. The molecule has 0 fully saturated rings. The molecule has 1 aliphatic heterocycles. The summed E-state index contributed by atoms with van der Waals surface area (Å²) in [4.78, 5) is 5.41. The first-order chi connectivity index (χ1) is 20.4. The maximum absolute atomic E-state index is 5.41. The molecule has 3 heterocycles. The molecule has 41 heavy (non-hydrogen) atoms. The van der Waals surface area contributed by atoms with E-state index in [0.717, 1.165) is 11.3 Å². The summed E-state index contributed by atoms with van der Waals surface area (Å²) >= 11 is 1.86. The zero-order chi connectivity index (χ0) is 26.7. The first-order valence-electron chi connectivity index (χ1n) is 14.1. The van der Waals surface area contributed by atoms with Crippen molar-refractivity contribution in [2.75, 3.05) is 0 Å². The molecule has 190 valence electrons. The van der Waals surface area contributed by atoms with Crippen LogP contribution in [0.2, 0.25) is 0 Å². The Hall–Kier alpha value is -4.99. The quantitative estimate of drug-likeness (QED) is 0.203. The Kier molecular flexibility index (Phi) is 4.04. The van der Waals surface area contributed by atoms with Crippen molar-refractivity contribution in [2.24, 2.45) is 0 Å². The zero-order valence-corrected chi connectivity index (χ0v) is 22.8. The monoisotopic (exact) mass is 538 g/mol. The highest BCUT2D eigenvalue weighted by Crippen LogP contribution is 2.60. The highest BCUT2D eigenvalue weighted by Gasteiger charge is 2.50. The number of thiophene rings is 1. The Bertz CT molecular complexity index is 2340. The van der Waals surface area contributed by atoms with Crippen LogP contribution in [0.3, 0.4) is 0 Å². The number of para-hydroxylation sites is 2. The number of rotatable bonds is 1. The van der Waals surface area contributed by atoms with Gasteiger partial charge < -0.3 is 0 Å². The summed E-state index contributed by atoms with van der Waals surface area (Å²) < 4.78 is 5.04. The van der Waals surface area contributed by atoms with Gasteiger partial charge in [0.2, 0.25) is 0 Å². The maximum Gasteiger partial charge on any atom is 0.147 e. The van der Waals surface area contributed by atoms with Crippen molar-refractivity contribution in [2.45, 2.75) is 5.41 Å². The lowest BCUT2D eigenvalue weighted by atomic mass is 9.65. The third kappa shape index (κ3) is 2.52. The summed E-state index contributed by atoms with van der Waals surface area (Å²) in [5, 5.41) is 2.60. The van der Waals surface area contributed by atoms with E-state index in [1.54, 1.807) is 0 Å². The molecule has 0 bridgehead atoms. The molecule has 0 unspecified atom stereocenters. The van der Waals surface area contributed by atoms with Crippen molar-refractivity contribution in [3.8, 4) is 28.2 Å². The number of benzene rings is 6. The molecule has 0 atom stereocenters. The zero-order valence-electron chi connectivity index (χ0n) is 22.0. The van der Waals surface area contributed by atoms with E-state index in [1.807, 2.05) is 11.3 Å². The molecule has 0 saturated carbocycles. The molecule has 2 aromatic heterocycles. The normalized spacial score (nSPS) is 14.0. The van der Waals surface area contributed by atoms with Gasteiger partial charge in [-0.2, -0.15) is 0 Å². The number of hydrogen-bond donors (Lipinski definition) is 0. The Morgan fingerprint density at radius 1 is 0.512 bits per heavy atom. The molecule has 2 nitrogen and oxygen atoms in total. The Morgan fingerprint density at radius 2 is 1.12 bits per heavy atom. The van der Waals surface area contributed by atoms with Crippen molar-refractivity contribution in [1.29, 1.82) is 0 Å². The second-order valence-corrected chi connectivity index (χ2v) is 12.1. The lowest BCUT2D eigenvalue weighted by Crippen LogP contribution is -2.33. The lowest BCUT2D eigenvalue weighted by molar-refractivity contribution is 0.746. The second kappa shape index (κ2) is 7.60. The van der Waals surface area contributed by atoms with Crippen LogP contribution in [0.15, 0.2) is 133 Å². The molecule has 10 rings (SSSR count). The average molecular weight is 539 g/mol. The predicted molar refractivity (Wildman–Crippen MR) is 170 cm³/mol. The van der Waals surface area contributed by atoms with Gasteiger partial charge in [0.1, 0.15) is 5.82 Å². The topological polar surface area (TPSA) is 17.8 Å². The molecular weight excluding hydrogens is 516 g/mol. The fraction of sp³-hybridized carbons (Fsp3) is 0.0263. The molecule has 0 radical (unpaired) electrons. The Morgan fingerprint density at radius 3 is 1.95 bits per heavy atom. The molecule has 6 aromatic carbocycles. The molecule has 0 N–H and O–H groups in total. The van der Waals surface area contributed by atoms with E-state index in [2.05, 4.69) is 138 Å². The van der Waals surface area contributed by atoms with Gasteiger partial charge in [-0.1, -0.05) is 109 Å². The summed E-state index contributed by atoms with van der Waals surface area (Å²) in [6, 6.07) is 49.0. The third-order valence-corrected chi connectivity index (χ3v) is 10.4. The number of hydrogen-bond acceptors (Lipinski definition) is 2. The van der Waals surface area contributed by atoms with Crippen LogP contribution in [0, 0.1) is 0 Å². The summed E-state index contributed by atoms with van der Waals surface area (Å²) in [5.74, 6) is 1.01. The van der Waals surface area contributed by atoms with Gasteiger partial charge in [-0.3, -0.25) is 4.57 Å². The third-order valence-electron chi connectivity index (χ3n) is 9.23. The molecule has 8 aromatic rings. The minimum absolute atomic E-state index is 0.403. The molecular formula is C38H22N2S. The Balaban J connectivity index is 1.39. The molecule has 2 aliphatic rings. The summed E-state index contributed by atoms with van der Waals surface area (Å²) in [6.45, 7) is 0. The van der Waals surface area contributed by atoms with Gasteiger partial charge >= 0.3 is 0 Å². The van der Waals surface area contributed by atoms with Gasteiger partial charge in [-0.05, 0) is 57.6 Å². The summed E-state index contributed by atoms with van der Waals surface area (Å²) in [6.07, 6.45) is 0. The van der Waals surface area contributed by atoms with E-state index in [9.17, 15) is 0 Å². The van der Waals surface area contributed by atoms with Gasteiger partial charge in [0, 0.05) is 25.7 Å². The van der Waals surface area contributed by atoms with Crippen molar-refractivity contribution in [3.05, 3.63) is 156 Å². The minimum atomic E-state index is -0.403. The van der Waals surface area contributed by atoms with E-state index in [1.165, 1.54) is 70.3 Å². The second-order valence-electron chi connectivity index (χ2n) is 11.1. The molecule has 3 heteroatoms. The predicted octanol–water partition coefficient (Wildman–Crippen LogP) is 9.74. The highest BCUT2D eigenvalue weighted by atomic mass is 32.1. The number of aromatic nitrogens is 2. The van der Waals surface area contributed by atoms with E-state index < -0.39 is 5.41 Å². The van der Waals surface area contributed by atoms with Gasteiger partial charge in [-0.25, -0.2) is 4.98 Å². The van der Waals surface area contributed by atoms with Crippen molar-refractivity contribution < 1.29 is 0 Å². The molecule has 1 aliphatic carbocycles. The van der Waals surface area contributed by atoms with Gasteiger partial charge in [0.05, 0.1) is 22.1 Å². The maximum atomic E-state index is 5.41. The van der Waals surface area contributed by atoms with Crippen LogP contribution in [0.5, 0.6) is 0 Å². The lowest BCUT2D eigenvalue weighted by Gasteiger charge is -2.39. The number of nitrogens with zero attached hydrogens (tertiary/aromatic N) is 2. The van der Waals surface area contributed by atoms with Crippen LogP contribution in [-0.2, 0) is 5.41 Å². The smallest absolute Gasteiger partial charge is 0.147 e. The van der Waals surface area contributed by atoms with Gasteiger partial charge in [0.15, 0.2) is 0 Å². The van der Waals surface area contributed by atoms with Gasteiger partial charge in [-0.15, -0.1) is 11.3 Å². The van der Waals surface area contributed by atoms with E-state index >= 15 is 0 Å². The van der Waals surface area contributed by atoms with Crippen LogP contribution in [-0.4, -0.2) is 9.55 Å². The molecule has 0 saturated heterocycles. The average Bonchev–Trinajstić information content (AvgIpc) is 3.70. The first-order valence-corrected chi connectivity index (χ1v) is 14.9. The minimum Gasteiger partial charge on any atom is -0.292 e. The van der Waals surface area contributed by atoms with Crippen molar-refractivity contribution >= 4 is 42.5 Å². The SMILES string of the molecule is c1ccc2c(c1)-c1ccccc1C21c2ccccc2-n2c(-c3cccc4c3sc3ccccc34)nc3cccc1c32. The first kappa shape index (κ1) is 21.8. The summed E-state index contributed by atoms with van der Waals surface area (Å²) in [7, 11) is 0. The van der Waals surface area contributed by atoms with Gasteiger partial charge in [0.25, 0.3) is 0 Å². The largest absolute Gasteiger partial charge is 0.292 e. The van der Waals surface area contributed by atoms with Crippen molar-refractivity contribution in [3.63, 3.8) is 0 Å². The number of fused-ring (bicyclic) bond motifs is 12. The van der Waals surface area contributed by atoms with Crippen LogP contribution >= 0.6 is 11.3 Å². The molecule has 0 amide bonds. The highest BCUT2D eigenvalue weighted by molar-refractivity contribution is 7.26. The van der Waals surface area contributed by atoms with Crippen LogP contribution < -0.4 is 0 Å². The number of imidazole rings is 1.